The van der Waals surface area contributed by atoms with Gasteiger partial charge in [0.05, 0.1) is 11.8 Å². The molecule has 0 aliphatic carbocycles. The number of ether oxygens (including phenoxy) is 1. The second kappa shape index (κ2) is 6.67. The highest BCUT2D eigenvalue weighted by atomic mass is 16.6. The van der Waals surface area contributed by atoms with Crippen molar-refractivity contribution in [2.45, 2.75) is 26.9 Å². The summed E-state index contributed by atoms with van der Waals surface area (Å²) in [6.45, 7) is 5.27. The van der Waals surface area contributed by atoms with Crippen LogP contribution < -0.4 is 5.32 Å². The minimum absolute atomic E-state index is 0.178. The van der Waals surface area contributed by atoms with Gasteiger partial charge in [0.15, 0.2) is 0 Å². The maximum Gasteiger partial charge on any atom is 0.411 e. The molecule has 0 aliphatic heterocycles. The number of aryl methyl sites for hydroxylation is 1. The zero-order valence-corrected chi connectivity index (χ0v) is 10.8. The van der Waals surface area contributed by atoms with E-state index < -0.39 is 6.09 Å². The molecule has 0 spiro atoms. The van der Waals surface area contributed by atoms with Crippen LogP contribution >= 0.6 is 0 Å². The van der Waals surface area contributed by atoms with E-state index in [1.54, 1.807) is 19.9 Å². The maximum absolute atomic E-state index is 11.5. The summed E-state index contributed by atoms with van der Waals surface area (Å²) in [6, 6.07) is 5.47. The lowest BCUT2D eigenvalue weighted by molar-refractivity contribution is 0.130. The molecule has 4 heteroatoms. The topological polar surface area (TPSA) is 58.6 Å². The third kappa shape index (κ3) is 4.48. The third-order valence-electron chi connectivity index (χ3n) is 2.06. The molecule has 0 aliphatic rings. The van der Waals surface area contributed by atoms with Gasteiger partial charge < -0.3 is 9.84 Å². The number of rotatable bonds is 2. The van der Waals surface area contributed by atoms with Crippen LogP contribution in [0.25, 0.3) is 0 Å². The Morgan fingerprint density at radius 2 is 2.22 bits per heavy atom. The normalized spacial score (nSPS) is 9.61. The van der Waals surface area contributed by atoms with Gasteiger partial charge in [-0.25, -0.2) is 4.79 Å². The molecule has 0 radical (unpaired) electrons. The Morgan fingerprint density at radius 3 is 2.83 bits per heavy atom. The second-order valence-electron chi connectivity index (χ2n) is 4.09. The first kappa shape index (κ1) is 14.1. The Kier molecular flexibility index (Phi) is 5.22. The Labute approximate surface area is 107 Å². The van der Waals surface area contributed by atoms with E-state index in [-0.39, 0.29) is 12.7 Å². The van der Waals surface area contributed by atoms with Gasteiger partial charge in [0.25, 0.3) is 0 Å². The summed E-state index contributed by atoms with van der Waals surface area (Å²) in [4.78, 5) is 11.5. The maximum atomic E-state index is 11.5. The summed E-state index contributed by atoms with van der Waals surface area (Å²) < 4.78 is 5.00. The molecule has 0 heterocycles. The van der Waals surface area contributed by atoms with E-state index in [2.05, 4.69) is 17.2 Å². The second-order valence-corrected chi connectivity index (χ2v) is 4.09. The van der Waals surface area contributed by atoms with E-state index in [0.717, 1.165) is 5.56 Å². The molecule has 0 saturated heterocycles. The number of hydrogen-bond acceptors (Lipinski definition) is 3. The summed E-state index contributed by atoms with van der Waals surface area (Å²) in [6.07, 6.45) is -0.691. The molecule has 1 rings (SSSR count). The molecule has 0 bridgehead atoms. The van der Waals surface area contributed by atoms with Gasteiger partial charge in [-0.2, -0.15) is 0 Å². The van der Waals surface area contributed by atoms with Crippen LogP contribution in [-0.4, -0.2) is 23.9 Å². The average Bonchev–Trinajstić information content (AvgIpc) is 2.28. The smallest absolute Gasteiger partial charge is 0.411 e. The van der Waals surface area contributed by atoms with Crippen molar-refractivity contribution in [2.24, 2.45) is 0 Å². The van der Waals surface area contributed by atoms with Crippen molar-refractivity contribution in [2.75, 3.05) is 11.9 Å². The van der Waals surface area contributed by atoms with Crippen LogP contribution in [0.1, 0.15) is 25.0 Å². The predicted molar refractivity (Wildman–Crippen MR) is 70.4 cm³/mol. The Hall–Kier alpha value is -1.99. The largest absolute Gasteiger partial charge is 0.447 e. The number of amides is 1. The van der Waals surface area contributed by atoms with Crippen molar-refractivity contribution in [3.8, 4) is 11.8 Å². The first-order chi connectivity index (χ1) is 8.52. The summed E-state index contributed by atoms with van der Waals surface area (Å²) in [5, 5.41) is 11.3. The lowest BCUT2D eigenvalue weighted by Gasteiger charge is -2.11. The number of nitrogens with one attached hydrogen (secondary N) is 1. The predicted octanol–water partition coefficient (Wildman–Crippen LogP) is 2.30. The molecule has 1 amide bonds. The van der Waals surface area contributed by atoms with Crippen molar-refractivity contribution in [1.82, 2.24) is 0 Å². The van der Waals surface area contributed by atoms with E-state index in [0.29, 0.717) is 11.3 Å². The summed E-state index contributed by atoms with van der Waals surface area (Å²) in [5.41, 5.74) is 2.26. The third-order valence-corrected chi connectivity index (χ3v) is 2.06. The quantitative estimate of drug-likeness (QED) is 0.788. The summed E-state index contributed by atoms with van der Waals surface area (Å²) in [7, 11) is 0. The van der Waals surface area contributed by atoms with Crippen LogP contribution in [0.15, 0.2) is 18.2 Å². The number of hydrogen-bond donors (Lipinski definition) is 2. The zero-order chi connectivity index (χ0) is 13.5. The van der Waals surface area contributed by atoms with Crippen LogP contribution in [-0.2, 0) is 4.74 Å². The minimum Gasteiger partial charge on any atom is -0.447 e. The first-order valence-corrected chi connectivity index (χ1v) is 5.71. The Balaban J connectivity index is 2.90. The molecule has 0 atom stereocenters. The number of carbonyl (C=O) groups excluding carboxylic acids is 1. The number of benzene rings is 1. The van der Waals surface area contributed by atoms with Gasteiger partial charge in [0.2, 0.25) is 0 Å². The molecule has 1 aromatic carbocycles. The molecule has 1 aromatic rings. The van der Waals surface area contributed by atoms with Gasteiger partial charge >= 0.3 is 6.09 Å². The van der Waals surface area contributed by atoms with Crippen LogP contribution in [0.3, 0.4) is 0 Å². The van der Waals surface area contributed by atoms with Gasteiger partial charge in [-0.1, -0.05) is 17.9 Å². The lowest BCUT2D eigenvalue weighted by atomic mass is 10.1. The van der Waals surface area contributed by atoms with Crippen LogP contribution in [0, 0.1) is 18.8 Å². The van der Waals surface area contributed by atoms with Crippen LogP contribution in [0.2, 0.25) is 0 Å². The average molecular weight is 247 g/mol. The van der Waals surface area contributed by atoms with Gasteiger partial charge in [-0.3, -0.25) is 5.32 Å². The molecule has 0 aromatic heterocycles. The fraction of sp³-hybridized carbons (Fsp3) is 0.357. The molecular formula is C14H17NO3. The standard InChI is InChI=1S/C14H17NO3/c1-10(2)18-14(17)15-13-7-6-11(3)9-12(13)5-4-8-16/h6-7,9-10,16H,8H2,1-3H3,(H,15,17). The van der Waals surface area contributed by atoms with Gasteiger partial charge in [-0.15, -0.1) is 0 Å². The minimum atomic E-state index is -0.513. The summed E-state index contributed by atoms with van der Waals surface area (Å²) in [5.74, 6) is 5.35. The summed E-state index contributed by atoms with van der Waals surface area (Å²) >= 11 is 0. The molecule has 18 heavy (non-hydrogen) atoms. The fourth-order valence-electron chi connectivity index (χ4n) is 1.36. The van der Waals surface area contributed by atoms with Crippen molar-refractivity contribution in [1.29, 1.82) is 0 Å². The molecule has 4 nitrogen and oxygen atoms in total. The SMILES string of the molecule is Cc1ccc(NC(=O)OC(C)C)c(C#CCO)c1. The number of aliphatic hydroxyl groups excluding tert-OH is 1. The van der Waals surface area contributed by atoms with E-state index in [4.69, 9.17) is 9.84 Å². The highest BCUT2D eigenvalue weighted by Gasteiger charge is 2.08. The van der Waals surface area contributed by atoms with Crippen LogP contribution in [0.4, 0.5) is 10.5 Å². The van der Waals surface area contributed by atoms with E-state index in [1.807, 2.05) is 19.1 Å². The van der Waals surface area contributed by atoms with Gasteiger partial charge in [0.1, 0.15) is 6.61 Å². The monoisotopic (exact) mass is 247 g/mol. The molecule has 2 N–H and O–H groups in total. The number of aliphatic hydroxyl groups is 1. The first-order valence-electron chi connectivity index (χ1n) is 5.71. The zero-order valence-electron chi connectivity index (χ0n) is 10.8. The van der Waals surface area contributed by atoms with E-state index in [1.165, 1.54) is 0 Å². The molecule has 96 valence electrons. The van der Waals surface area contributed by atoms with Gasteiger partial charge in [0, 0.05) is 5.56 Å². The number of carbonyl (C=O) groups is 1. The number of anilines is 1. The highest BCUT2D eigenvalue weighted by Crippen LogP contribution is 2.16. The molecule has 0 fully saturated rings. The molecular weight excluding hydrogens is 230 g/mol. The van der Waals surface area contributed by atoms with Crippen molar-refractivity contribution >= 4 is 11.8 Å². The van der Waals surface area contributed by atoms with Crippen molar-refractivity contribution in [3.05, 3.63) is 29.3 Å². The lowest BCUT2D eigenvalue weighted by Crippen LogP contribution is -2.18. The fourth-order valence-corrected chi connectivity index (χ4v) is 1.36. The van der Waals surface area contributed by atoms with Gasteiger partial charge in [-0.05, 0) is 38.5 Å². The van der Waals surface area contributed by atoms with Crippen LogP contribution in [0.5, 0.6) is 0 Å². The Bertz CT molecular complexity index is 484. The molecule has 0 unspecified atom stereocenters. The van der Waals surface area contributed by atoms with E-state index >= 15 is 0 Å². The van der Waals surface area contributed by atoms with Crippen molar-refractivity contribution in [3.63, 3.8) is 0 Å². The Morgan fingerprint density at radius 1 is 1.50 bits per heavy atom. The van der Waals surface area contributed by atoms with E-state index in [9.17, 15) is 4.79 Å². The molecule has 0 saturated carbocycles. The van der Waals surface area contributed by atoms with Crippen molar-refractivity contribution < 1.29 is 14.6 Å². The highest BCUT2D eigenvalue weighted by molar-refractivity contribution is 5.86.